The van der Waals surface area contributed by atoms with Crippen molar-refractivity contribution in [1.29, 1.82) is 0 Å². The fraction of sp³-hybridized carbons (Fsp3) is 0.478. The highest BCUT2D eigenvalue weighted by Gasteiger charge is 2.24. The Morgan fingerprint density at radius 2 is 1.97 bits per heavy atom. The molecule has 1 aromatic heterocycles. The van der Waals surface area contributed by atoms with Crippen LogP contribution >= 0.6 is 24.0 Å². The second-order valence-electron chi connectivity index (χ2n) is 7.59. The minimum absolute atomic E-state index is 0. The predicted molar refractivity (Wildman–Crippen MR) is 136 cm³/mol. The van der Waals surface area contributed by atoms with Crippen LogP contribution < -0.4 is 16.0 Å². The molecule has 1 amide bonds. The third kappa shape index (κ3) is 8.17. The molecule has 0 aliphatic carbocycles. The highest BCUT2D eigenvalue weighted by molar-refractivity contribution is 14.0. The number of anilines is 1. The third-order valence-corrected chi connectivity index (χ3v) is 5.18. The topological polar surface area (TPSA) is 81.9 Å². The van der Waals surface area contributed by atoms with Crippen molar-refractivity contribution in [3.05, 3.63) is 54.0 Å². The molecule has 1 saturated heterocycles. The molecule has 2 aromatic rings. The van der Waals surface area contributed by atoms with Gasteiger partial charge in [-0.15, -0.1) is 24.0 Å². The number of amides is 1. The number of furan rings is 1. The molecule has 1 fully saturated rings. The van der Waals surface area contributed by atoms with E-state index in [1.54, 1.807) is 6.26 Å². The van der Waals surface area contributed by atoms with Crippen LogP contribution in [0.2, 0.25) is 0 Å². The molecule has 1 aliphatic rings. The predicted octanol–water partition coefficient (Wildman–Crippen LogP) is 4.14. The molecule has 0 spiro atoms. The van der Waals surface area contributed by atoms with Crippen molar-refractivity contribution < 1.29 is 9.21 Å². The normalized spacial score (nSPS) is 15.6. The van der Waals surface area contributed by atoms with E-state index in [1.165, 1.54) is 26.2 Å². The number of piperidine rings is 1. The molecule has 1 aromatic carbocycles. The molecule has 170 valence electrons. The van der Waals surface area contributed by atoms with E-state index >= 15 is 0 Å². The summed E-state index contributed by atoms with van der Waals surface area (Å²) < 4.78 is 5.74. The smallest absolute Gasteiger partial charge is 0.221 e. The summed E-state index contributed by atoms with van der Waals surface area (Å²) in [5, 5.41) is 9.63. The molecule has 8 heteroatoms. The Morgan fingerprint density at radius 3 is 2.65 bits per heavy atom. The zero-order valence-electron chi connectivity index (χ0n) is 18.4. The first-order chi connectivity index (χ1) is 14.7. The molecule has 2 heterocycles. The number of guanidine groups is 1. The standard InChI is InChI=1S/C23H33N5O2.HI/c1-3-24-23(25-16-19-9-7-10-20(15-19)27-18(2)29)26-17-21(22-11-8-14-30-22)28-12-5-4-6-13-28;/h7-11,14-15,21H,3-6,12-13,16-17H2,1-2H3,(H,27,29)(H2,24,25,26);1H. The Balaban J connectivity index is 0.00000341. The molecule has 0 saturated carbocycles. The van der Waals surface area contributed by atoms with Gasteiger partial charge in [-0.3, -0.25) is 9.69 Å². The van der Waals surface area contributed by atoms with Gasteiger partial charge in [0.2, 0.25) is 5.91 Å². The summed E-state index contributed by atoms with van der Waals surface area (Å²) in [7, 11) is 0. The third-order valence-electron chi connectivity index (χ3n) is 5.18. The maximum atomic E-state index is 11.3. The largest absolute Gasteiger partial charge is 0.468 e. The van der Waals surface area contributed by atoms with Gasteiger partial charge in [0, 0.05) is 25.7 Å². The summed E-state index contributed by atoms with van der Waals surface area (Å²) >= 11 is 0. The van der Waals surface area contributed by atoms with Crippen LogP contribution in [0.1, 0.15) is 50.5 Å². The van der Waals surface area contributed by atoms with Crippen molar-refractivity contribution in [3.8, 4) is 0 Å². The minimum atomic E-state index is -0.0765. The number of likely N-dealkylation sites (tertiary alicyclic amines) is 1. The number of benzene rings is 1. The zero-order valence-corrected chi connectivity index (χ0v) is 20.7. The Kier molecular flexibility index (Phi) is 10.9. The van der Waals surface area contributed by atoms with Gasteiger partial charge < -0.3 is 20.4 Å². The van der Waals surface area contributed by atoms with Crippen LogP contribution in [-0.2, 0) is 11.3 Å². The first kappa shape index (κ1) is 25.2. The van der Waals surface area contributed by atoms with Crippen LogP contribution in [0.15, 0.2) is 52.1 Å². The number of aliphatic imine (C=N–C) groups is 1. The lowest BCUT2D eigenvalue weighted by Crippen LogP contribution is -2.44. The van der Waals surface area contributed by atoms with Crippen LogP contribution in [0.25, 0.3) is 0 Å². The summed E-state index contributed by atoms with van der Waals surface area (Å²) in [5.74, 6) is 1.69. The Morgan fingerprint density at radius 1 is 1.16 bits per heavy atom. The van der Waals surface area contributed by atoms with E-state index in [2.05, 4.69) is 33.8 Å². The van der Waals surface area contributed by atoms with Crippen molar-refractivity contribution in [2.75, 3.05) is 31.5 Å². The van der Waals surface area contributed by atoms with E-state index in [-0.39, 0.29) is 35.9 Å². The fourth-order valence-electron chi connectivity index (χ4n) is 3.78. The average Bonchev–Trinajstić information content (AvgIpc) is 3.27. The van der Waals surface area contributed by atoms with Gasteiger partial charge in [-0.2, -0.15) is 0 Å². The maximum Gasteiger partial charge on any atom is 0.221 e. The van der Waals surface area contributed by atoms with Crippen molar-refractivity contribution in [2.45, 2.75) is 45.7 Å². The molecule has 31 heavy (non-hydrogen) atoms. The Bertz CT molecular complexity index is 819. The second-order valence-corrected chi connectivity index (χ2v) is 7.59. The molecule has 1 atom stereocenters. The van der Waals surface area contributed by atoms with Gasteiger partial charge in [-0.1, -0.05) is 18.6 Å². The van der Waals surface area contributed by atoms with E-state index in [0.29, 0.717) is 6.54 Å². The molecule has 1 unspecified atom stereocenters. The highest BCUT2D eigenvalue weighted by atomic mass is 127. The lowest BCUT2D eigenvalue weighted by molar-refractivity contribution is -0.114. The van der Waals surface area contributed by atoms with E-state index in [9.17, 15) is 4.79 Å². The molecule has 3 rings (SSSR count). The van der Waals surface area contributed by atoms with E-state index in [1.807, 2.05) is 30.3 Å². The maximum absolute atomic E-state index is 11.3. The lowest BCUT2D eigenvalue weighted by Gasteiger charge is -2.33. The van der Waals surface area contributed by atoms with Gasteiger partial charge in [0.25, 0.3) is 0 Å². The van der Waals surface area contributed by atoms with Gasteiger partial charge >= 0.3 is 0 Å². The number of nitrogens with one attached hydrogen (secondary N) is 3. The molecule has 0 radical (unpaired) electrons. The molecule has 3 N–H and O–H groups in total. The van der Waals surface area contributed by atoms with Gasteiger partial charge in [-0.05, 0) is 62.7 Å². The van der Waals surface area contributed by atoms with Crippen molar-refractivity contribution >= 4 is 41.5 Å². The van der Waals surface area contributed by atoms with Crippen molar-refractivity contribution in [1.82, 2.24) is 15.5 Å². The molecule has 7 nitrogen and oxygen atoms in total. The molecule has 0 bridgehead atoms. The van der Waals surface area contributed by atoms with Gasteiger partial charge in [0.15, 0.2) is 5.96 Å². The number of hydrogen-bond acceptors (Lipinski definition) is 4. The monoisotopic (exact) mass is 539 g/mol. The number of hydrogen-bond donors (Lipinski definition) is 3. The van der Waals surface area contributed by atoms with E-state index in [0.717, 1.165) is 49.1 Å². The number of carbonyl (C=O) groups excluding carboxylic acids is 1. The van der Waals surface area contributed by atoms with Crippen LogP contribution in [0, 0.1) is 0 Å². The number of halogens is 1. The SMILES string of the molecule is CCNC(=NCc1cccc(NC(C)=O)c1)NCC(c1ccco1)N1CCCCC1.I. The number of rotatable bonds is 8. The van der Waals surface area contributed by atoms with Crippen LogP contribution in [0.4, 0.5) is 5.69 Å². The fourth-order valence-corrected chi connectivity index (χ4v) is 3.78. The van der Waals surface area contributed by atoms with Crippen molar-refractivity contribution in [2.24, 2.45) is 4.99 Å². The zero-order chi connectivity index (χ0) is 21.2. The first-order valence-electron chi connectivity index (χ1n) is 10.8. The molecule has 1 aliphatic heterocycles. The van der Waals surface area contributed by atoms with E-state index in [4.69, 9.17) is 9.41 Å². The quantitative estimate of drug-likeness (QED) is 0.267. The first-order valence-corrected chi connectivity index (χ1v) is 10.8. The summed E-state index contributed by atoms with van der Waals surface area (Å²) in [5.41, 5.74) is 1.83. The summed E-state index contributed by atoms with van der Waals surface area (Å²) in [6, 6.07) is 12.0. The van der Waals surface area contributed by atoms with E-state index < -0.39 is 0 Å². The average molecular weight is 539 g/mol. The molecular formula is C23H34IN5O2. The highest BCUT2D eigenvalue weighted by Crippen LogP contribution is 2.24. The number of carbonyl (C=O) groups is 1. The van der Waals surface area contributed by atoms with Gasteiger partial charge in [0.05, 0.1) is 18.8 Å². The van der Waals surface area contributed by atoms with Crippen LogP contribution in [-0.4, -0.2) is 42.9 Å². The van der Waals surface area contributed by atoms with Crippen LogP contribution in [0.3, 0.4) is 0 Å². The van der Waals surface area contributed by atoms with Crippen molar-refractivity contribution in [3.63, 3.8) is 0 Å². The van der Waals surface area contributed by atoms with Crippen LogP contribution in [0.5, 0.6) is 0 Å². The summed E-state index contributed by atoms with van der Waals surface area (Å²) in [6.07, 6.45) is 5.51. The lowest BCUT2D eigenvalue weighted by atomic mass is 10.1. The summed E-state index contributed by atoms with van der Waals surface area (Å²) in [4.78, 5) is 18.5. The minimum Gasteiger partial charge on any atom is -0.468 e. The summed E-state index contributed by atoms with van der Waals surface area (Å²) in [6.45, 7) is 7.79. The van der Waals surface area contributed by atoms with Gasteiger partial charge in [0.1, 0.15) is 5.76 Å². The second kappa shape index (κ2) is 13.4. The Labute approximate surface area is 202 Å². The Hall–Kier alpha value is -2.07. The number of nitrogens with zero attached hydrogens (tertiary/aromatic N) is 2. The molecular weight excluding hydrogens is 505 g/mol. The van der Waals surface area contributed by atoms with Gasteiger partial charge in [-0.25, -0.2) is 4.99 Å².